The number of urea groups is 1. The number of alkyl halides is 3. The van der Waals surface area contributed by atoms with E-state index < -0.39 is 35.8 Å². The van der Waals surface area contributed by atoms with Gasteiger partial charge < -0.3 is 20.0 Å². The molecular formula is C30H30F3N5O4. The minimum Gasteiger partial charge on any atom is -0.339 e. The third kappa shape index (κ3) is 5.24. The van der Waals surface area contributed by atoms with E-state index in [0.29, 0.717) is 18.7 Å². The normalized spacial score (nSPS) is 20.0. The summed E-state index contributed by atoms with van der Waals surface area (Å²) in [5, 5.41) is 2.59. The summed E-state index contributed by atoms with van der Waals surface area (Å²) >= 11 is 0. The van der Waals surface area contributed by atoms with Gasteiger partial charge in [-0.15, -0.1) is 6.58 Å². The number of amides is 5. The first-order valence-electron chi connectivity index (χ1n) is 13.5. The molecule has 3 heterocycles. The van der Waals surface area contributed by atoms with Crippen LogP contribution in [0.3, 0.4) is 0 Å². The molecule has 1 fully saturated rings. The van der Waals surface area contributed by atoms with Crippen LogP contribution in [0.2, 0.25) is 0 Å². The van der Waals surface area contributed by atoms with Gasteiger partial charge in [-0.05, 0) is 17.2 Å². The van der Waals surface area contributed by atoms with Crippen LogP contribution in [-0.4, -0.2) is 82.6 Å². The largest absolute Gasteiger partial charge is 0.416 e. The highest BCUT2D eigenvalue weighted by Gasteiger charge is 2.49. The minimum atomic E-state index is -4.73. The summed E-state index contributed by atoms with van der Waals surface area (Å²) in [5.41, 5.74) is -0.512. The predicted molar refractivity (Wildman–Crippen MR) is 146 cm³/mol. The molecule has 0 unspecified atom stereocenters. The fourth-order valence-electron chi connectivity index (χ4n) is 5.79. The van der Waals surface area contributed by atoms with Gasteiger partial charge in [-0.2, -0.15) is 13.2 Å². The van der Waals surface area contributed by atoms with Crippen molar-refractivity contribution in [1.29, 1.82) is 0 Å². The molecule has 0 aromatic heterocycles. The molecule has 2 atom stereocenters. The topological polar surface area (TPSA) is 93.3 Å². The summed E-state index contributed by atoms with van der Waals surface area (Å²) < 4.78 is 42.1. The fourth-order valence-corrected chi connectivity index (χ4v) is 5.79. The Morgan fingerprint density at radius 3 is 2.24 bits per heavy atom. The minimum absolute atomic E-state index is 0.0103. The predicted octanol–water partition coefficient (Wildman–Crippen LogP) is 3.49. The van der Waals surface area contributed by atoms with E-state index in [-0.39, 0.29) is 54.8 Å². The van der Waals surface area contributed by atoms with Crippen molar-refractivity contribution in [1.82, 2.24) is 24.9 Å². The summed E-state index contributed by atoms with van der Waals surface area (Å²) in [6.07, 6.45) is -3.28. The highest BCUT2D eigenvalue weighted by molar-refractivity contribution is 6.04. The lowest BCUT2D eigenvalue weighted by atomic mass is 9.91. The Bertz CT molecular complexity index is 1450. The van der Waals surface area contributed by atoms with Crippen molar-refractivity contribution in [3.63, 3.8) is 0 Å². The second-order valence-electron chi connectivity index (χ2n) is 10.3. The van der Waals surface area contributed by atoms with Crippen LogP contribution >= 0.6 is 0 Å². The average Bonchev–Trinajstić information content (AvgIpc) is 3.31. The fraction of sp³-hybridized carbons (Fsp3) is 0.333. The number of piperazine rings is 1. The maximum Gasteiger partial charge on any atom is 0.416 e. The molecule has 0 radical (unpaired) electrons. The molecule has 12 heteroatoms. The van der Waals surface area contributed by atoms with Crippen LogP contribution in [-0.2, 0) is 20.6 Å². The lowest BCUT2D eigenvalue weighted by Gasteiger charge is -2.38. The molecule has 9 nitrogen and oxygen atoms in total. The van der Waals surface area contributed by atoms with E-state index in [1.165, 1.54) is 41.0 Å². The monoisotopic (exact) mass is 581 g/mol. The Kier molecular flexibility index (Phi) is 7.81. The number of halogens is 3. The first-order valence-corrected chi connectivity index (χ1v) is 13.5. The lowest BCUT2D eigenvalue weighted by Crippen LogP contribution is -2.53. The third-order valence-corrected chi connectivity index (χ3v) is 7.84. The highest BCUT2D eigenvalue weighted by atomic mass is 19.4. The first-order chi connectivity index (χ1) is 20.0. The molecular weight excluding hydrogens is 551 g/mol. The van der Waals surface area contributed by atoms with Crippen LogP contribution in [0.15, 0.2) is 78.5 Å². The number of carbonyl (C=O) groups is 4. The molecule has 2 aromatic rings. The SMILES string of the molecule is C=CCN1C(=O)N[C@H](c2ccccc2C(F)(F)F)C2=C1CN([C@@H](C(=O)N1CCN(C(C)=O)CC1)c1ccccc1)C2=O. The van der Waals surface area contributed by atoms with Gasteiger partial charge in [0.25, 0.3) is 5.91 Å². The zero-order chi connectivity index (χ0) is 30.2. The number of hydrogen-bond acceptors (Lipinski definition) is 4. The van der Waals surface area contributed by atoms with Crippen molar-refractivity contribution < 1.29 is 32.3 Å². The second kappa shape index (κ2) is 11.3. The van der Waals surface area contributed by atoms with E-state index in [2.05, 4.69) is 11.9 Å². The van der Waals surface area contributed by atoms with Gasteiger partial charge in [-0.1, -0.05) is 54.6 Å². The summed E-state index contributed by atoms with van der Waals surface area (Å²) in [7, 11) is 0. The molecule has 3 aliphatic heterocycles. The second-order valence-corrected chi connectivity index (χ2v) is 10.3. The van der Waals surface area contributed by atoms with Crippen LogP contribution in [0, 0.1) is 0 Å². The maximum atomic E-state index is 14.2. The molecule has 0 aliphatic carbocycles. The van der Waals surface area contributed by atoms with E-state index in [1.807, 2.05) is 0 Å². The van der Waals surface area contributed by atoms with Gasteiger partial charge in [0.2, 0.25) is 11.8 Å². The van der Waals surface area contributed by atoms with E-state index in [0.717, 1.165) is 6.07 Å². The van der Waals surface area contributed by atoms with Gasteiger partial charge in [0.1, 0.15) is 6.04 Å². The zero-order valence-electron chi connectivity index (χ0n) is 22.9. The molecule has 5 rings (SSSR count). The number of nitrogens with zero attached hydrogens (tertiary/aromatic N) is 4. The van der Waals surface area contributed by atoms with Crippen LogP contribution in [0.25, 0.3) is 0 Å². The van der Waals surface area contributed by atoms with Crippen LogP contribution in [0.5, 0.6) is 0 Å². The molecule has 2 aromatic carbocycles. The lowest BCUT2D eigenvalue weighted by molar-refractivity contribution is -0.146. The Balaban J connectivity index is 1.56. The zero-order valence-corrected chi connectivity index (χ0v) is 22.9. The van der Waals surface area contributed by atoms with Crippen molar-refractivity contribution in [2.75, 3.05) is 39.3 Å². The van der Waals surface area contributed by atoms with Crippen LogP contribution in [0.4, 0.5) is 18.0 Å². The summed E-state index contributed by atoms with van der Waals surface area (Å²) in [4.78, 5) is 59.1. The molecule has 1 N–H and O–H groups in total. The van der Waals surface area contributed by atoms with Gasteiger partial charge in [-0.25, -0.2) is 4.79 Å². The number of rotatable bonds is 6. The van der Waals surface area contributed by atoms with Gasteiger partial charge in [0.05, 0.1) is 29.4 Å². The number of hydrogen-bond donors (Lipinski definition) is 1. The molecule has 3 aliphatic rings. The standard InChI is InChI=1S/C30H30F3N5O4/c1-3-13-37-23-18-38(26(20-9-5-4-6-10-20)28(41)36-16-14-35(15-17-36)19(2)39)27(40)24(23)25(34-29(37)42)21-11-7-8-12-22(21)30(31,32)33/h3-12,25-26H,1,13-18H2,2H3,(H,34,42)/t25-,26-/m1/s1. The van der Waals surface area contributed by atoms with Crippen molar-refractivity contribution in [3.8, 4) is 0 Å². The van der Waals surface area contributed by atoms with Crippen LogP contribution in [0.1, 0.15) is 35.7 Å². The van der Waals surface area contributed by atoms with E-state index >= 15 is 0 Å². The van der Waals surface area contributed by atoms with Crippen molar-refractivity contribution in [2.24, 2.45) is 0 Å². The highest BCUT2D eigenvalue weighted by Crippen LogP contribution is 2.43. The molecule has 0 saturated carbocycles. The van der Waals surface area contributed by atoms with Crippen molar-refractivity contribution in [2.45, 2.75) is 25.2 Å². The Labute approximate surface area is 240 Å². The number of nitrogens with one attached hydrogen (secondary N) is 1. The summed E-state index contributed by atoms with van der Waals surface area (Å²) in [6.45, 7) is 6.19. The average molecular weight is 582 g/mol. The number of carbonyl (C=O) groups excluding carboxylic acids is 4. The molecule has 5 amide bonds. The Morgan fingerprint density at radius 1 is 1.00 bits per heavy atom. The summed E-state index contributed by atoms with van der Waals surface area (Å²) in [5.74, 6) is -1.12. The Morgan fingerprint density at radius 2 is 1.62 bits per heavy atom. The summed E-state index contributed by atoms with van der Waals surface area (Å²) in [6, 6.07) is 10.3. The number of benzene rings is 2. The van der Waals surface area contributed by atoms with Crippen molar-refractivity contribution >= 4 is 23.8 Å². The third-order valence-electron chi connectivity index (χ3n) is 7.84. The molecule has 42 heavy (non-hydrogen) atoms. The van der Waals surface area contributed by atoms with Crippen LogP contribution < -0.4 is 5.32 Å². The molecule has 0 spiro atoms. The maximum absolute atomic E-state index is 14.2. The van der Waals surface area contributed by atoms with Gasteiger partial charge in [-0.3, -0.25) is 19.3 Å². The van der Waals surface area contributed by atoms with E-state index in [9.17, 15) is 32.3 Å². The van der Waals surface area contributed by atoms with Crippen molar-refractivity contribution in [3.05, 3.63) is 95.2 Å². The van der Waals surface area contributed by atoms with Gasteiger partial charge >= 0.3 is 12.2 Å². The Hall–Kier alpha value is -4.61. The quantitative estimate of drug-likeness (QED) is 0.529. The van der Waals surface area contributed by atoms with Gasteiger partial charge in [0, 0.05) is 39.6 Å². The van der Waals surface area contributed by atoms with Gasteiger partial charge in [0.15, 0.2) is 0 Å². The molecule has 0 bridgehead atoms. The van der Waals surface area contributed by atoms with E-state index in [1.54, 1.807) is 40.1 Å². The molecule has 1 saturated heterocycles. The first kappa shape index (κ1) is 28.9. The molecule has 220 valence electrons. The van der Waals surface area contributed by atoms with E-state index in [4.69, 9.17) is 0 Å². The smallest absolute Gasteiger partial charge is 0.339 e.